The lowest BCUT2D eigenvalue weighted by Crippen LogP contribution is -2.40. The molecule has 0 radical (unpaired) electrons. The van der Waals surface area contributed by atoms with Crippen LogP contribution in [0.1, 0.15) is 46.5 Å². The van der Waals surface area contributed by atoms with Gasteiger partial charge in [-0.25, -0.2) is 4.79 Å². The molecule has 5 nitrogen and oxygen atoms in total. The Balaban J connectivity index is 1.76. The molecule has 2 saturated heterocycles. The number of nitrogens with zero attached hydrogens (tertiary/aromatic N) is 2. The maximum absolute atomic E-state index is 12.0. The van der Waals surface area contributed by atoms with Crippen LogP contribution in [0.25, 0.3) is 0 Å². The summed E-state index contributed by atoms with van der Waals surface area (Å²) in [6.07, 6.45) is 4.70. The Labute approximate surface area is 121 Å². The van der Waals surface area contributed by atoms with Crippen molar-refractivity contribution in [3.8, 4) is 0 Å². The van der Waals surface area contributed by atoms with E-state index in [4.69, 9.17) is 0 Å². The first-order valence-corrected chi connectivity index (χ1v) is 7.76. The van der Waals surface area contributed by atoms with E-state index in [0.29, 0.717) is 6.54 Å². The number of amides is 3. The van der Waals surface area contributed by atoms with Crippen LogP contribution in [0.15, 0.2) is 0 Å². The van der Waals surface area contributed by atoms with Gasteiger partial charge in [0.25, 0.3) is 5.91 Å². The van der Waals surface area contributed by atoms with E-state index in [1.165, 1.54) is 24.2 Å². The van der Waals surface area contributed by atoms with E-state index >= 15 is 0 Å². The van der Waals surface area contributed by atoms with Crippen LogP contribution in [0.3, 0.4) is 0 Å². The number of nitrogens with one attached hydrogen (secondary N) is 1. The first kappa shape index (κ1) is 15.3. The molecule has 2 fully saturated rings. The van der Waals surface area contributed by atoms with Crippen molar-refractivity contribution in [2.75, 3.05) is 26.2 Å². The molecule has 0 aromatic rings. The standard InChI is InChI=1S/C15H27N3O2/c1-12-6-4-8-17(11-7-12)9-5-10-18-13(19)15(2,3)16-14(18)20/h12H,4-11H2,1-3H3,(H,16,20)/t12-/m1/s1. The predicted molar refractivity (Wildman–Crippen MR) is 78.4 cm³/mol. The molecule has 2 heterocycles. The molecule has 5 heteroatoms. The van der Waals surface area contributed by atoms with Gasteiger partial charge >= 0.3 is 6.03 Å². The topological polar surface area (TPSA) is 52.6 Å². The molecular weight excluding hydrogens is 254 g/mol. The molecule has 0 aromatic carbocycles. The molecule has 114 valence electrons. The van der Waals surface area contributed by atoms with Crippen LogP contribution >= 0.6 is 0 Å². The summed E-state index contributed by atoms with van der Waals surface area (Å²) in [5.41, 5.74) is -0.741. The molecule has 2 aliphatic heterocycles. The van der Waals surface area contributed by atoms with Crippen LogP contribution in [0.5, 0.6) is 0 Å². The van der Waals surface area contributed by atoms with E-state index < -0.39 is 5.54 Å². The Kier molecular flexibility index (Phi) is 4.68. The summed E-state index contributed by atoms with van der Waals surface area (Å²) in [5.74, 6) is 0.721. The zero-order valence-corrected chi connectivity index (χ0v) is 12.9. The zero-order valence-electron chi connectivity index (χ0n) is 12.9. The van der Waals surface area contributed by atoms with Crippen LogP contribution in [0, 0.1) is 5.92 Å². The van der Waals surface area contributed by atoms with Crippen molar-refractivity contribution in [2.45, 2.75) is 52.0 Å². The van der Waals surface area contributed by atoms with Gasteiger partial charge in [-0.3, -0.25) is 9.69 Å². The van der Waals surface area contributed by atoms with Crippen LogP contribution in [0.2, 0.25) is 0 Å². The third-order valence-electron chi connectivity index (χ3n) is 4.41. The minimum Gasteiger partial charge on any atom is -0.324 e. The fourth-order valence-corrected chi connectivity index (χ4v) is 3.02. The molecule has 0 aliphatic carbocycles. The Bertz CT molecular complexity index is 381. The van der Waals surface area contributed by atoms with Crippen molar-refractivity contribution in [3.63, 3.8) is 0 Å². The Morgan fingerprint density at radius 1 is 1.20 bits per heavy atom. The summed E-state index contributed by atoms with van der Waals surface area (Å²) in [6.45, 7) is 9.62. The molecule has 2 rings (SSSR count). The highest BCUT2D eigenvalue weighted by molar-refractivity contribution is 6.06. The second-order valence-corrected chi connectivity index (χ2v) is 6.74. The van der Waals surface area contributed by atoms with Gasteiger partial charge in [0.2, 0.25) is 0 Å². The molecule has 1 atom stereocenters. The van der Waals surface area contributed by atoms with Gasteiger partial charge in [0.05, 0.1) is 0 Å². The second kappa shape index (κ2) is 6.12. The lowest BCUT2D eigenvalue weighted by molar-refractivity contribution is -0.130. The largest absolute Gasteiger partial charge is 0.325 e. The van der Waals surface area contributed by atoms with Gasteiger partial charge < -0.3 is 10.2 Å². The van der Waals surface area contributed by atoms with E-state index in [0.717, 1.165) is 32.0 Å². The lowest BCUT2D eigenvalue weighted by Gasteiger charge is -2.21. The number of carbonyl (C=O) groups excluding carboxylic acids is 2. The van der Waals surface area contributed by atoms with Crippen molar-refractivity contribution in [1.29, 1.82) is 0 Å². The number of imide groups is 1. The highest BCUT2D eigenvalue weighted by Gasteiger charge is 2.43. The lowest BCUT2D eigenvalue weighted by atomic mass is 10.0. The quantitative estimate of drug-likeness (QED) is 0.800. The van der Waals surface area contributed by atoms with Crippen molar-refractivity contribution in [1.82, 2.24) is 15.1 Å². The molecular formula is C15H27N3O2. The monoisotopic (exact) mass is 281 g/mol. The predicted octanol–water partition coefficient (Wildman–Crippen LogP) is 1.83. The zero-order chi connectivity index (χ0) is 14.8. The maximum atomic E-state index is 12.0. The van der Waals surface area contributed by atoms with Crippen molar-refractivity contribution in [3.05, 3.63) is 0 Å². The highest BCUT2D eigenvalue weighted by atomic mass is 16.2. The van der Waals surface area contributed by atoms with Gasteiger partial charge in [-0.2, -0.15) is 0 Å². The summed E-state index contributed by atoms with van der Waals surface area (Å²) in [7, 11) is 0. The first-order valence-electron chi connectivity index (χ1n) is 7.76. The van der Waals surface area contributed by atoms with Gasteiger partial charge in [0.15, 0.2) is 0 Å². The molecule has 0 bridgehead atoms. The Morgan fingerprint density at radius 2 is 1.95 bits per heavy atom. The van der Waals surface area contributed by atoms with Gasteiger partial charge in [0.1, 0.15) is 5.54 Å². The molecule has 0 spiro atoms. The smallest absolute Gasteiger partial charge is 0.324 e. The SMILES string of the molecule is C[C@@H]1CCCN(CCCN2C(=O)NC(C)(C)C2=O)CC1. The van der Waals surface area contributed by atoms with E-state index in [1.54, 1.807) is 13.8 Å². The number of hydrogen-bond donors (Lipinski definition) is 1. The number of urea groups is 1. The Hall–Kier alpha value is -1.10. The molecule has 2 aliphatic rings. The summed E-state index contributed by atoms with van der Waals surface area (Å²) in [5, 5.41) is 2.72. The molecule has 0 saturated carbocycles. The summed E-state index contributed by atoms with van der Waals surface area (Å²) >= 11 is 0. The summed E-state index contributed by atoms with van der Waals surface area (Å²) in [6, 6.07) is -0.246. The van der Waals surface area contributed by atoms with E-state index in [2.05, 4.69) is 17.1 Å². The average molecular weight is 281 g/mol. The van der Waals surface area contributed by atoms with Gasteiger partial charge in [0, 0.05) is 6.54 Å². The van der Waals surface area contributed by atoms with Crippen LogP contribution in [-0.4, -0.2) is 53.5 Å². The van der Waals surface area contributed by atoms with E-state index in [-0.39, 0.29) is 11.9 Å². The van der Waals surface area contributed by atoms with Crippen LogP contribution in [-0.2, 0) is 4.79 Å². The number of carbonyl (C=O) groups is 2. The van der Waals surface area contributed by atoms with Crippen molar-refractivity contribution in [2.24, 2.45) is 5.92 Å². The van der Waals surface area contributed by atoms with Gasteiger partial charge in [-0.05, 0) is 65.1 Å². The van der Waals surface area contributed by atoms with E-state index in [9.17, 15) is 9.59 Å². The second-order valence-electron chi connectivity index (χ2n) is 6.74. The van der Waals surface area contributed by atoms with E-state index in [1.807, 2.05) is 0 Å². The first-order chi connectivity index (χ1) is 9.40. The van der Waals surface area contributed by atoms with Gasteiger partial charge in [-0.15, -0.1) is 0 Å². The third kappa shape index (κ3) is 3.51. The minimum atomic E-state index is -0.741. The fraction of sp³-hybridized carbons (Fsp3) is 0.867. The number of likely N-dealkylation sites (tertiary alicyclic amines) is 1. The van der Waals surface area contributed by atoms with Gasteiger partial charge in [-0.1, -0.05) is 6.92 Å². The average Bonchev–Trinajstić information content (AvgIpc) is 2.54. The third-order valence-corrected chi connectivity index (χ3v) is 4.41. The molecule has 1 N–H and O–H groups in total. The fourth-order valence-electron chi connectivity index (χ4n) is 3.02. The Morgan fingerprint density at radius 3 is 2.60 bits per heavy atom. The molecule has 0 aromatic heterocycles. The van der Waals surface area contributed by atoms with Crippen LogP contribution < -0.4 is 5.32 Å². The van der Waals surface area contributed by atoms with Crippen LogP contribution in [0.4, 0.5) is 4.79 Å². The number of hydrogen-bond acceptors (Lipinski definition) is 3. The number of rotatable bonds is 4. The maximum Gasteiger partial charge on any atom is 0.325 e. The molecule has 3 amide bonds. The molecule has 0 unspecified atom stereocenters. The minimum absolute atomic E-state index is 0.105. The van der Waals surface area contributed by atoms with Crippen molar-refractivity contribution >= 4 is 11.9 Å². The summed E-state index contributed by atoms with van der Waals surface area (Å²) < 4.78 is 0. The normalized spacial score (nSPS) is 27.6. The summed E-state index contributed by atoms with van der Waals surface area (Å²) in [4.78, 5) is 27.6. The highest BCUT2D eigenvalue weighted by Crippen LogP contribution is 2.18. The van der Waals surface area contributed by atoms with Crippen molar-refractivity contribution < 1.29 is 9.59 Å². The molecule has 20 heavy (non-hydrogen) atoms.